The molecule has 3 aliphatic rings. The molecule has 1 aliphatic carbocycles. The lowest BCUT2D eigenvalue weighted by molar-refractivity contribution is -0.198. The Balaban J connectivity index is 1.74. The van der Waals surface area contributed by atoms with E-state index in [2.05, 4.69) is 10.3 Å². The number of rotatable bonds is 4. The van der Waals surface area contributed by atoms with Crippen LogP contribution in [0.5, 0.6) is 0 Å². The summed E-state index contributed by atoms with van der Waals surface area (Å²) in [4.78, 5) is 42.4. The third-order valence-corrected chi connectivity index (χ3v) is 5.98. The van der Waals surface area contributed by atoms with Gasteiger partial charge in [0.2, 0.25) is 5.91 Å². The number of ether oxygens (including phenoxy) is 1. The fourth-order valence-corrected chi connectivity index (χ4v) is 4.69. The number of imide groups is 1. The number of urea groups is 1. The van der Waals surface area contributed by atoms with Gasteiger partial charge in [-0.25, -0.2) is 9.78 Å². The molecule has 3 amide bonds. The molecular weight excluding hydrogens is 360 g/mol. The summed E-state index contributed by atoms with van der Waals surface area (Å²) >= 11 is 0. The molecule has 11 nitrogen and oxygen atoms in total. The highest BCUT2D eigenvalue weighted by Crippen LogP contribution is 2.59. The number of amides is 3. The van der Waals surface area contributed by atoms with Crippen LogP contribution < -0.4 is 5.32 Å². The molecule has 1 saturated carbocycles. The normalized spacial score (nSPS) is 41.1. The number of carboxylic acid groups (broad SMARTS) is 1. The van der Waals surface area contributed by atoms with Gasteiger partial charge < -0.3 is 24.6 Å². The van der Waals surface area contributed by atoms with Gasteiger partial charge in [0.1, 0.15) is 18.2 Å². The maximum atomic E-state index is 12.7. The first-order valence-corrected chi connectivity index (χ1v) is 8.59. The predicted molar refractivity (Wildman–Crippen MR) is 86.0 cm³/mol. The maximum absolute atomic E-state index is 12.7. The lowest BCUT2D eigenvalue weighted by atomic mass is 9.52. The molecule has 4 rings (SSSR count). The number of imidazole rings is 1. The first kappa shape index (κ1) is 17.9. The van der Waals surface area contributed by atoms with E-state index in [1.54, 1.807) is 17.7 Å². The van der Waals surface area contributed by atoms with Crippen LogP contribution in [-0.2, 0) is 14.3 Å². The van der Waals surface area contributed by atoms with Crippen LogP contribution >= 0.6 is 0 Å². The third-order valence-electron chi connectivity index (χ3n) is 5.98. The number of aliphatic hydroxyl groups is 2. The largest absolute Gasteiger partial charge is 0.481 e. The van der Waals surface area contributed by atoms with E-state index in [9.17, 15) is 29.7 Å². The van der Waals surface area contributed by atoms with Gasteiger partial charge in [-0.15, -0.1) is 0 Å². The number of carbonyl (C=O) groups is 3. The van der Waals surface area contributed by atoms with Crippen LogP contribution in [0, 0.1) is 11.3 Å². The van der Waals surface area contributed by atoms with E-state index in [0.717, 1.165) is 0 Å². The number of nitrogens with zero attached hydrogens (tertiary/aromatic N) is 3. The Morgan fingerprint density at radius 3 is 2.74 bits per heavy atom. The second kappa shape index (κ2) is 6.01. The van der Waals surface area contributed by atoms with Gasteiger partial charge in [0, 0.05) is 18.8 Å². The van der Waals surface area contributed by atoms with Crippen molar-refractivity contribution in [3.8, 4) is 0 Å². The molecule has 4 N–H and O–H groups in total. The minimum atomic E-state index is -1.22. The van der Waals surface area contributed by atoms with Crippen LogP contribution in [0.1, 0.15) is 19.4 Å². The summed E-state index contributed by atoms with van der Waals surface area (Å²) in [5.74, 6) is -2.78. The molecule has 11 heteroatoms. The molecular formula is C16H20N4O7. The number of carboxylic acids is 1. The fourth-order valence-electron chi connectivity index (χ4n) is 4.69. The Hall–Kier alpha value is -2.50. The van der Waals surface area contributed by atoms with E-state index in [-0.39, 0.29) is 6.42 Å². The molecule has 2 aliphatic heterocycles. The fraction of sp³-hybridized carbons (Fsp3) is 0.625. The van der Waals surface area contributed by atoms with Crippen LogP contribution in [0.15, 0.2) is 18.7 Å². The molecule has 3 fully saturated rings. The standard InChI is InChI=1S/C16H20N4O7/c1-16-11(19-3-2-17-6-19)10(13(23)24)12(16)20(15(26)18-14(16)25)9-4-7(22)8(5-21)27-9/h2-3,6-12,21-22H,4-5H2,1H3,(H,23,24)(H,18,25,26)/t7-,8+,9+,10?,11?,12-,16+/m0/s1. The Kier molecular flexibility index (Phi) is 3.98. The van der Waals surface area contributed by atoms with Crippen LogP contribution in [0.25, 0.3) is 0 Å². The molecule has 2 saturated heterocycles. The summed E-state index contributed by atoms with van der Waals surface area (Å²) in [6, 6.07) is -2.47. The van der Waals surface area contributed by atoms with Crippen molar-refractivity contribution >= 4 is 17.9 Å². The summed E-state index contributed by atoms with van der Waals surface area (Å²) < 4.78 is 7.12. The number of fused-ring (bicyclic) bond motifs is 1. The lowest BCUT2D eigenvalue weighted by Crippen LogP contribution is -2.79. The van der Waals surface area contributed by atoms with Gasteiger partial charge in [-0.05, 0) is 6.92 Å². The van der Waals surface area contributed by atoms with E-state index in [0.29, 0.717) is 0 Å². The maximum Gasteiger partial charge on any atom is 0.326 e. The monoisotopic (exact) mass is 380 g/mol. The third kappa shape index (κ3) is 2.32. The molecule has 1 aromatic heterocycles. The van der Waals surface area contributed by atoms with Crippen molar-refractivity contribution in [1.82, 2.24) is 19.8 Å². The van der Waals surface area contributed by atoms with Crippen LogP contribution in [-0.4, -0.2) is 78.8 Å². The summed E-state index contributed by atoms with van der Waals surface area (Å²) in [5, 5.41) is 31.4. The van der Waals surface area contributed by atoms with E-state index in [4.69, 9.17) is 4.74 Å². The highest BCUT2D eigenvalue weighted by molar-refractivity contribution is 6.03. The van der Waals surface area contributed by atoms with Gasteiger partial charge in [0.05, 0.1) is 36.5 Å². The molecule has 3 heterocycles. The van der Waals surface area contributed by atoms with E-state index in [1.165, 1.54) is 17.4 Å². The molecule has 0 radical (unpaired) electrons. The quantitative estimate of drug-likeness (QED) is 0.494. The summed E-state index contributed by atoms with van der Waals surface area (Å²) in [6.45, 7) is 1.17. The molecule has 146 valence electrons. The molecule has 0 aromatic carbocycles. The number of hydrogen-bond donors (Lipinski definition) is 4. The van der Waals surface area contributed by atoms with Gasteiger partial charge in [0.15, 0.2) is 0 Å². The predicted octanol–water partition coefficient (Wildman–Crippen LogP) is -1.47. The van der Waals surface area contributed by atoms with Crippen LogP contribution in [0.2, 0.25) is 0 Å². The molecule has 1 aromatic rings. The first-order valence-electron chi connectivity index (χ1n) is 8.59. The molecule has 7 atom stereocenters. The van der Waals surface area contributed by atoms with Gasteiger partial charge in [-0.3, -0.25) is 19.8 Å². The summed E-state index contributed by atoms with van der Waals surface area (Å²) in [6.07, 6.45) is 1.70. The van der Waals surface area contributed by atoms with Crippen molar-refractivity contribution in [3.05, 3.63) is 18.7 Å². The highest BCUT2D eigenvalue weighted by Gasteiger charge is 2.72. The minimum Gasteiger partial charge on any atom is -0.481 e. The van der Waals surface area contributed by atoms with Crippen molar-refractivity contribution in [2.45, 2.75) is 43.9 Å². The number of aromatic nitrogens is 2. The van der Waals surface area contributed by atoms with E-state index < -0.39 is 66.4 Å². The van der Waals surface area contributed by atoms with Crippen molar-refractivity contribution in [2.24, 2.45) is 11.3 Å². The first-order chi connectivity index (χ1) is 12.8. The average molecular weight is 380 g/mol. The van der Waals surface area contributed by atoms with Gasteiger partial charge >= 0.3 is 12.0 Å². The zero-order valence-corrected chi connectivity index (χ0v) is 14.4. The number of aliphatic hydroxyl groups excluding tert-OH is 2. The van der Waals surface area contributed by atoms with Crippen LogP contribution in [0.4, 0.5) is 4.79 Å². The van der Waals surface area contributed by atoms with Crippen molar-refractivity contribution in [3.63, 3.8) is 0 Å². The summed E-state index contributed by atoms with van der Waals surface area (Å²) in [5.41, 5.74) is -1.22. The lowest BCUT2D eigenvalue weighted by Gasteiger charge is -2.62. The van der Waals surface area contributed by atoms with Crippen LogP contribution in [0.3, 0.4) is 0 Å². The highest BCUT2D eigenvalue weighted by atomic mass is 16.5. The van der Waals surface area contributed by atoms with E-state index in [1.807, 2.05) is 0 Å². The molecule has 0 bridgehead atoms. The number of hydrogen-bond acceptors (Lipinski definition) is 7. The van der Waals surface area contributed by atoms with Gasteiger partial charge in [0.25, 0.3) is 0 Å². The van der Waals surface area contributed by atoms with Crippen molar-refractivity contribution in [1.29, 1.82) is 0 Å². The van der Waals surface area contributed by atoms with Crippen molar-refractivity contribution in [2.75, 3.05) is 6.61 Å². The summed E-state index contributed by atoms with van der Waals surface area (Å²) in [7, 11) is 0. The van der Waals surface area contributed by atoms with E-state index >= 15 is 0 Å². The second-order valence-electron chi connectivity index (χ2n) is 7.33. The molecule has 2 unspecified atom stereocenters. The Bertz CT molecular complexity index is 784. The Morgan fingerprint density at radius 1 is 1.44 bits per heavy atom. The number of aliphatic carboxylic acids is 1. The second-order valence-corrected chi connectivity index (χ2v) is 7.33. The zero-order chi connectivity index (χ0) is 19.5. The van der Waals surface area contributed by atoms with Crippen molar-refractivity contribution < 1.29 is 34.4 Å². The molecule has 27 heavy (non-hydrogen) atoms. The zero-order valence-electron chi connectivity index (χ0n) is 14.4. The Morgan fingerprint density at radius 2 is 2.19 bits per heavy atom. The average Bonchev–Trinajstić information content (AvgIpc) is 3.24. The Labute approximate surface area is 153 Å². The smallest absolute Gasteiger partial charge is 0.326 e. The van der Waals surface area contributed by atoms with Gasteiger partial charge in [-0.1, -0.05) is 0 Å². The number of carbonyl (C=O) groups excluding carboxylic acids is 2. The minimum absolute atomic E-state index is 0.0154. The number of nitrogens with one attached hydrogen (secondary N) is 1. The van der Waals surface area contributed by atoms with Gasteiger partial charge in [-0.2, -0.15) is 0 Å². The SMILES string of the molecule is C[C@]12C(=O)NC(=O)N([C@H]3C[C@H](O)[C@@H](CO)O3)[C@H]1C(C(=O)O)C2n1ccnc1. The topological polar surface area (TPSA) is 154 Å². The molecule has 0 spiro atoms.